The first-order chi connectivity index (χ1) is 10.1. The smallest absolute Gasteiger partial charge is 0.344 e. The Morgan fingerprint density at radius 3 is 2.33 bits per heavy atom. The molecule has 2 aromatic rings. The van der Waals surface area contributed by atoms with Gasteiger partial charge in [0.2, 0.25) is 0 Å². The highest BCUT2D eigenvalue weighted by molar-refractivity contribution is 9.10. The molecule has 2 rings (SSSR count). The van der Waals surface area contributed by atoms with Crippen molar-refractivity contribution in [1.82, 2.24) is 0 Å². The van der Waals surface area contributed by atoms with Gasteiger partial charge in [-0.15, -0.1) is 0 Å². The van der Waals surface area contributed by atoms with Gasteiger partial charge in [0, 0.05) is 4.47 Å². The van der Waals surface area contributed by atoms with Gasteiger partial charge >= 0.3 is 11.9 Å². The summed E-state index contributed by atoms with van der Waals surface area (Å²) in [7, 11) is 1.34. The average Bonchev–Trinajstić information content (AvgIpc) is 2.49. The summed E-state index contributed by atoms with van der Waals surface area (Å²) in [5.41, 5.74) is 1.25. The van der Waals surface area contributed by atoms with E-state index in [0.29, 0.717) is 15.8 Å². The maximum atomic E-state index is 12.0. The molecule has 0 saturated carbocycles. The van der Waals surface area contributed by atoms with E-state index >= 15 is 0 Å². The number of esters is 2. The maximum Gasteiger partial charge on any atom is 0.344 e. The standard InChI is InChI=1S/C16H13BrO4/c1-20-15(18)10-11-6-8-12(9-7-11)21-16(19)13-4-2-3-5-14(13)17/h2-9H,10H2,1H3. The Labute approximate surface area is 130 Å². The molecule has 5 heteroatoms. The van der Waals surface area contributed by atoms with Crippen molar-refractivity contribution in [3.8, 4) is 5.75 Å². The van der Waals surface area contributed by atoms with Crippen LogP contribution in [0.15, 0.2) is 53.0 Å². The number of methoxy groups -OCH3 is 1. The molecule has 0 fully saturated rings. The van der Waals surface area contributed by atoms with Gasteiger partial charge in [-0.05, 0) is 45.8 Å². The van der Waals surface area contributed by atoms with Crippen molar-refractivity contribution in [1.29, 1.82) is 0 Å². The number of ether oxygens (including phenoxy) is 2. The van der Waals surface area contributed by atoms with Crippen LogP contribution >= 0.6 is 15.9 Å². The summed E-state index contributed by atoms with van der Waals surface area (Å²) in [5.74, 6) is -0.333. The zero-order valence-electron chi connectivity index (χ0n) is 11.3. The van der Waals surface area contributed by atoms with Gasteiger partial charge in [0.25, 0.3) is 0 Å². The van der Waals surface area contributed by atoms with Crippen LogP contribution in [0.5, 0.6) is 5.75 Å². The molecule has 0 bridgehead atoms. The van der Waals surface area contributed by atoms with Gasteiger partial charge in [0.05, 0.1) is 19.1 Å². The molecular weight excluding hydrogens is 336 g/mol. The molecule has 0 amide bonds. The van der Waals surface area contributed by atoms with Crippen LogP contribution in [0.1, 0.15) is 15.9 Å². The van der Waals surface area contributed by atoms with E-state index in [1.165, 1.54) is 7.11 Å². The van der Waals surface area contributed by atoms with E-state index in [2.05, 4.69) is 20.7 Å². The maximum absolute atomic E-state index is 12.0. The first kappa shape index (κ1) is 15.3. The Balaban J connectivity index is 2.05. The molecule has 0 aliphatic carbocycles. The van der Waals surface area contributed by atoms with Gasteiger partial charge in [-0.3, -0.25) is 4.79 Å². The van der Waals surface area contributed by atoms with Crippen molar-refractivity contribution < 1.29 is 19.1 Å². The van der Waals surface area contributed by atoms with Crippen LogP contribution in [0.25, 0.3) is 0 Å². The van der Waals surface area contributed by atoms with E-state index < -0.39 is 5.97 Å². The number of benzene rings is 2. The molecule has 0 radical (unpaired) electrons. The minimum Gasteiger partial charge on any atom is -0.469 e. The zero-order valence-corrected chi connectivity index (χ0v) is 12.9. The third-order valence-corrected chi connectivity index (χ3v) is 3.50. The number of rotatable bonds is 4. The molecule has 0 saturated heterocycles. The molecule has 0 unspecified atom stereocenters. The second kappa shape index (κ2) is 7.04. The number of carbonyl (C=O) groups is 2. The summed E-state index contributed by atoms with van der Waals surface area (Å²) in [6.45, 7) is 0. The van der Waals surface area contributed by atoms with Gasteiger partial charge in [-0.25, -0.2) is 4.79 Å². The van der Waals surface area contributed by atoms with E-state index in [1.54, 1.807) is 42.5 Å². The summed E-state index contributed by atoms with van der Waals surface area (Å²) in [6, 6.07) is 13.8. The number of halogens is 1. The lowest BCUT2D eigenvalue weighted by atomic mass is 10.1. The number of carbonyl (C=O) groups excluding carboxylic acids is 2. The third kappa shape index (κ3) is 4.16. The predicted molar refractivity (Wildman–Crippen MR) is 81.3 cm³/mol. The fourth-order valence-corrected chi connectivity index (χ4v) is 2.15. The van der Waals surface area contributed by atoms with Crippen LogP contribution in [-0.4, -0.2) is 19.0 Å². The highest BCUT2D eigenvalue weighted by Crippen LogP contribution is 2.19. The highest BCUT2D eigenvalue weighted by Gasteiger charge is 2.12. The molecule has 0 spiro atoms. The predicted octanol–water partition coefficient (Wildman–Crippen LogP) is 3.38. The fourth-order valence-electron chi connectivity index (χ4n) is 1.70. The SMILES string of the molecule is COC(=O)Cc1ccc(OC(=O)c2ccccc2Br)cc1. The molecule has 21 heavy (non-hydrogen) atoms. The molecule has 0 aromatic heterocycles. The Bertz CT molecular complexity index is 650. The Kier molecular flexibility index (Phi) is 5.11. The molecule has 4 nitrogen and oxygen atoms in total. The van der Waals surface area contributed by atoms with Gasteiger partial charge in [0.1, 0.15) is 5.75 Å². The van der Waals surface area contributed by atoms with E-state index in [1.807, 2.05) is 6.07 Å². The monoisotopic (exact) mass is 348 g/mol. The van der Waals surface area contributed by atoms with Crippen molar-refractivity contribution in [2.45, 2.75) is 6.42 Å². The summed E-state index contributed by atoms with van der Waals surface area (Å²) >= 11 is 3.30. The summed E-state index contributed by atoms with van der Waals surface area (Å²) in [4.78, 5) is 23.2. The molecule has 2 aromatic carbocycles. The number of hydrogen-bond donors (Lipinski definition) is 0. The molecular formula is C16H13BrO4. The van der Waals surface area contributed by atoms with Crippen molar-refractivity contribution in [3.05, 3.63) is 64.1 Å². The second-order valence-electron chi connectivity index (χ2n) is 4.27. The lowest BCUT2D eigenvalue weighted by Gasteiger charge is -2.06. The number of hydrogen-bond acceptors (Lipinski definition) is 4. The van der Waals surface area contributed by atoms with Gasteiger partial charge in [-0.1, -0.05) is 24.3 Å². The largest absolute Gasteiger partial charge is 0.469 e. The van der Waals surface area contributed by atoms with Crippen LogP contribution < -0.4 is 4.74 Å². The van der Waals surface area contributed by atoms with Crippen LogP contribution in [0.2, 0.25) is 0 Å². The minimum atomic E-state index is -0.441. The molecule has 0 N–H and O–H groups in total. The van der Waals surface area contributed by atoms with Crippen molar-refractivity contribution >= 4 is 27.9 Å². The Morgan fingerprint density at radius 1 is 1.05 bits per heavy atom. The fraction of sp³-hybridized carbons (Fsp3) is 0.125. The van der Waals surface area contributed by atoms with Gasteiger partial charge in [0.15, 0.2) is 0 Å². The lowest BCUT2D eigenvalue weighted by molar-refractivity contribution is -0.139. The van der Waals surface area contributed by atoms with Crippen LogP contribution in [0.4, 0.5) is 0 Å². The molecule has 0 heterocycles. The van der Waals surface area contributed by atoms with E-state index in [-0.39, 0.29) is 12.4 Å². The minimum absolute atomic E-state index is 0.189. The van der Waals surface area contributed by atoms with Gasteiger partial charge in [-0.2, -0.15) is 0 Å². The lowest BCUT2D eigenvalue weighted by Crippen LogP contribution is -2.09. The zero-order chi connectivity index (χ0) is 15.2. The van der Waals surface area contributed by atoms with Crippen LogP contribution in [0, 0.1) is 0 Å². The Morgan fingerprint density at radius 2 is 1.71 bits per heavy atom. The Hall–Kier alpha value is -2.14. The van der Waals surface area contributed by atoms with Crippen LogP contribution in [-0.2, 0) is 16.0 Å². The summed E-state index contributed by atoms with van der Waals surface area (Å²) in [5, 5.41) is 0. The quantitative estimate of drug-likeness (QED) is 0.627. The second-order valence-corrected chi connectivity index (χ2v) is 5.12. The van der Waals surface area contributed by atoms with Crippen molar-refractivity contribution in [2.24, 2.45) is 0 Å². The van der Waals surface area contributed by atoms with Crippen molar-refractivity contribution in [3.63, 3.8) is 0 Å². The highest BCUT2D eigenvalue weighted by atomic mass is 79.9. The molecule has 108 valence electrons. The van der Waals surface area contributed by atoms with E-state index in [9.17, 15) is 9.59 Å². The topological polar surface area (TPSA) is 52.6 Å². The van der Waals surface area contributed by atoms with E-state index in [0.717, 1.165) is 5.56 Å². The average molecular weight is 349 g/mol. The summed E-state index contributed by atoms with van der Waals surface area (Å²) in [6.07, 6.45) is 0.189. The first-order valence-corrected chi connectivity index (χ1v) is 7.02. The molecule has 0 atom stereocenters. The summed E-state index contributed by atoms with van der Waals surface area (Å²) < 4.78 is 10.6. The van der Waals surface area contributed by atoms with Crippen LogP contribution in [0.3, 0.4) is 0 Å². The first-order valence-electron chi connectivity index (χ1n) is 6.22. The van der Waals surface area contributed by atoms with Crippen molar-refractivity contribution in [2.75, 3.05) is 7.11 Å². The van der Waals surface area contributed by atoms with E-state index in [4.69, 9.17) is 4.74 Å². The third-order valence-electron chi connectivity index (χ3n) is 2.80. The molecule has 0 aliphatic rings. The molecule has 0 aliphatic heterocycles. The normalized spacial score (nSPS) is 10.0. The van der Waals surface area contributed by atoms with Gasteiger partial charge < -0.3 is 9.47 Å².